The number of carbonyl (C=O) groups is 2. The van der Waals surface area contributed by atoms with Crippen LogP contribution >= 0.6 is 11.6 Å². The summed E-state index contributed by atoms with van der Waals surface area (Å²) in [6, 6.07) is 11.3. The van der Waals surface area contributed by atoms with Crippen LogP contribution in [0.5, 0.6) is 5.75 Å². The maximum Gasteiger partial charge on any atom is 0.343 e. The van der Waals surface area contributed by atoms with Gasteiger partial charge in [0.1, 0.15) is 5.75 Å². The topological polar surface area (TPSA) is 52.6 Å². The molecular weight excluding hydrogens is 340 g/mol. The van der Waals surface area contributed by atoms with Crippen molar-refractivity contribution < 1.29 is 19.1 Å². The van der Waals surface area contributed by atoms with Gasteiger partial charge in [-0.3, -0.25) is 0 Å². The molecule has 0 fully saturated rings. The monoisotopic (exact) mass is 360 g/mol. The molecule has 0 aliphatic heterocycles. The van der Waals surface area contributed by atoms with Crippen molar-refractivity contribution in [2.45, 2.75) is 33.1 Å². The summed E-state index contributed by atoms with van der Waals surface area (Å²) in [5, 5.41) is 0.604. The van der Waals surface area contributed by atoms with E-state index in [9.17, 15) is 9.59 Å². The van der Waals surface area contributed by atoms with Crippen LogP contribution < -0.4 is 4.74 Å². The summed E-state index contributed by atoms with van der Waals surface area (Å²) in [6.07, 6.45) is 2.91. The van der Waals surface area contributed by atoms with E-state index in [1.165, 1.54) is 6.07 Å². The molecule has 0 aromatic heterocycles. The van der Waals surface area contributed by atoms with E-state index in [0.717, 1.165) is 24.8 Å². The van der Waals surface area contributed by atoms with E-state index < -0.39 is 11.9 Å². The SMILES string of the molecule is CCCCCOC(=O)c1cccc(C(=O)Oc2ccc(Cl)c(C)c2)c1. The Hall–Kier alpha value is -2.33. The van der Waals surface area contributed by atoms with Gasteiger partial charge in [0.15, 0.2) is 0 Å². The zero-order valence-electron chi connectivity index (χ0n) is 14.4. The number of carbonyl (C=O) groups excluding carboxylic acids is 2. The van der Waals surface area contributed by atoms with Gasteiger partial charge in [0.25, 0.3) is 0 Å². The number of benzene rings is 2. The minimum atomic E-state index is -0.539. The molecule has 4 nitrogen and oxygen atoms in total. The molecule has 132 valence electrons. The number of esters is 2. The van der Waals surface area contributed by atoms with Crippen LogP contribution in [0.15, 0.2) is 42.5 Å². The van der Waals surface area contributed by atoms with Crippen molar-refractivity contribution in [2.75, 3.05) is 6.61 Å². The highest BCUT2D eigenvalue weighted by Crippen LogP contribution is 2.22. The normalized spacial score (nSPS) is 10.4. The molecule has 0 saturated carbocycles. The van der Waals surface area contributed by atoms with Gasteiger partial charge < -0.3 is 9.47 Å². The minimum Gasteiger partial charge on any atom is -0.462 e. The predicted molar refractivity (Wildman–Crippen MR) is 97.4 cm³/mol. The zero-order chi connectivity index (χ0) is 18.2. The van der Waals surface area contributed by atoms with Gasteiger partial charge in [-0.15, -0.1) is 0 Å². The van der Waals surface area contributed by atoms with Gasteiger partial charge in [-0.05, 0) is 55.3 Å². The van der Waals surface area contributed by atoms with Gasteiger partial charge in [0.05, 0.1) is 17.7 Å². The fourth-order valence-corrected chi connectivity index (χ4v) is 2.34. The Morgan fingerprint density at radius 3 is 2.40 bits per heavy atom. The van der Waals surface area contributed by atoms with Gasteiger partial charge in [-0.1, -0.05) is 37.4 Å². The average molecular weight is 361 g/mol. The third kappa shape index (κ3) is 5.61. The third-order valence-corrected chi connectivity index (χ3v) is 4.08. The first-order chi connectivity index (χ1) is 12.0. The lowest BCUT2D eigenvalue weighted by Gasteiger charge is -2.08. The van der Waals surface area contributed by atoms with Crippen molar-refractivity contribution in [2.24, 2.45) is 0 Å². The molecule has 0 unspecified atom stereocenters. The number of aryl methyl sites for hydroxylation is 1. The molecule has 0 amide bonds. The lowest BCUT2D eigenvalue weighted by atomic mass is 10.1. The van der Waals surface area contributed by atoms with Gasteiger partial charge in [-0.2, -0.15) is 0 Å². The average Bonchev–Trinajstić information content (AvgIpc) is 2.62. The van der Waals surface area contributed by atoms with Crippen molar-refractivity contribution in [1.82, 2.24) is 0 Å². The first kappa shape index (κ1) is 19.0. The highest BCUT2D eigenvalue weighted by Gasteiger charge is 2.13. The summed E-state index contributed by atoms with van der Waals surface area (Å²) in [4.78, 5) is 24.3. The zero-order valence-corrected chi connectivity index (χ0v) is 15.1. The van der Waals surface area contributed by atoms with Crippen molar-refractivity contribution in [1.29, 1.82) is 0 Å². The Kier molecular flexibility index (Phi) is 7.02. The van der Waals surface area contributed by atoms with Crippen LogP contribution in [0.1, 0.15) is 52.5 Å². The third-order valence-electron chi connectivity index (χ3n) is 3.65. The fourth-order valence-electron chi connectivity index (χ4n) is 2.22. The second kappa shape index (κ2) is 9.23. The second-order valence-electron chi connectivity index (χ2n) is 5.72. The van der Waals surface area contributed by atoms with E-state index in [2.05, 4.69) is 6.92 Å². The Balaban J connectivity index is 2.03. The van der Waals surface area contributed by atoms with Crippen molar-refractivity contribution in [3.05, 3.63) is 64.2 Å². The van der Waals surface area contributed by atoms with E-state index in [4.69, 9.17) is 21.1 Å². The second-order valence-corrected chi connectivity index (χ2v) is 6.13. The first-order valence-electron chi connectivity index (χ1n) is 8.26. The molecule has 0 aliphatic carbocycles. The number of rotatable bonds is 7. The predicted octanol–water partition coefficient (Wildman–Crippen LogP) is 5.21. The van der Waals surface area contributed by atoms with Crippen LogP contribution in [0.3, 0.4) is 0 Å². The fraction of sp³-hybridized carbons (Fsp3) is 0.300. The summed E-state index contributed by atoms with van der Waals surface area (Å²) in [5.74, 6) is -0.574. The Bertz CT molecular complexity index is 755. The Morgan fingerprint density at radius 1 is 1.00 bits per heavy atom. The van der Waals surface area contributed by atoms with E-state index in [1.807, 2.05) is 6.92 Å². The summed E-state index contributed by atoms with van der Waals surface area (Å²) < 4.78 is 10.5. The van der Waals surface area contributed by atoms with Crippen LogP contribution in [0.2, 0.25) is 5.02 Å². The van der Waals surface area contributed by atoms with Gasteiger partial charge in [-0.25, -0.2) is 9.59 Å². The molecule has 2 aromatic rings. The summed E-state index contributed by atoms with van der Waals surface area (Å²) in [5.41, 5.74) is 1.44. The molecule has 2 aromatic carbocycles. The van der Waals surface area contributed by atoms with Crippen LogP contribution in [0, 0.1) is 6.92 Å². The van der Waals surface area contributed by atoms with Crippen LogP contribution in [0.25, 0.3) is 0 Å². The number of unbranched alkanes of at least 4 members (excludes halogenated alkanes) is 2. The number of halogens is 1. The quantitative estimate of drug-likeness (QED) is 0.386. The smallest absolute Gasteiger partial charge is 0.343 e. The molecule has 0 atom stereocenters. The molecule has 25 heavy (non-hydrogen) atoms. The van der Waals surface area contributed by atoms with Crippen molar-refractivity contribution in [3.63, 3.8) is 0 Å². The van der Waals surface area contributed by atoms with E-state index in [1.54, 1.807) is 36.4 Å². The first-order valence-corrected chi connectivity index (χ1v) is 8.64. The molecule has 0 aliphatic rings. The maximum atomic E-state index is 12.3. The molecule has 2 rings (SSSR count). The molecule has 0 heterocycles. The number of hydrogen-bond donors (Lipinski definition) is 0. The van der Waals surface area contributed by atoms with Gasteiger partial charge >= 0.3 is 11.9 Å². The summed E-state index contributed by atoms with van der Waals surface area (Å²) >= 11 is 5.96. The Labute approximate surface area is 152 Å². The molecular formula is C20H21ClO4. The van der Waals surface area contributed by atoms with Crippen molar-refractivity contribution >= 4 is 23.5 Å². The number of ether oxygens (including phenoxy) is 2. The molecule has 0 radical (unpaired) electrons. The standard InChI is InChI=1S/C20H21ClO4/c1-3-4-5-11-24-19(22)15-7-6-8-16(13-15)20(23)25-17-9-10-18(21)14(2)12-17/h6-10,12-13H,3-5,11H2,1-2H3. The minimum absolute atomic E-state index is 0.288. The van der Waals surface area contributed by atoms with Crippen LogP contribution in [-0.4, -0.2) is 18.5 Å². The molecule has 0 N–H and O–H groups in total. The lowest BCUT2D eigenvalue weighted by Crippen LogP contribution is -2.11. The molecule has 0 bridgehead atoms. The lowest BCUT2D eigenvalue weighted by molar-refractivity contribution is 0.0498. The van der Waals surface area contributed by atoms with Gasteiger partial charge in [0.2, 0.25) is 0 Å². The Morgan fingerprint density at radius 2 is 1.72 bits per heavy atom. The highest BCUT2D eigenvalue weighted by molar-refractivity contribution is 6.31. The van der Waals surface area contributed by atoms with Crippen LogP contribution in [-0.2, 0) is 4.74 Å². The van der Waals surface area contributed by atoms with E-state index in [0.29, 0.717) is 22.9 Å². The van der Waals surface area contributed by atoms with E-state index >= 15 is 0 Å². The number of hydrogen-bond acceptors (Lipinski definition) is 4. The summed E-state index contributed by atoms with van der Waals surface area (Å²) in [7, 11) is 0. The largest absolute Gasteiger partial charge is 0.462 e. The van der Waals surface area contributed by atoms with E-state index in [-0.39, 0.29) is 5.56 Å². The molecule has 0 spiro atoms. The van der Waals surface area contributed by atoms with Crippen LogP contribution in [0.4, 0.5) is 0 Å². The maximum absolute atomic E-state index is 12.3. The molecule has 5 heteroatoms. The molecule has 0 saturated heterocycles. The van der Waals surface area contributed by atoms with Gasteiger partial charge in [0, 0.05) is 5.02 Å². The highest BCUT2D eigenvalue weighted by atomic mass is 35.5. The summed E-state index contributed by atoms with van der Waals surface area (Å²) in [6.45, 7) is 4.29. The van der Waals surface area contributed by atoms with Crippen molar-refractivity contribution in [3.8, 4) is 5.75 Å².